The Kier molecular flexibility index (Phi) is 5.46. The molecule has 0 saturated heterocycles. The zero-order valence-electron chi connectivity index (χ0n) is 12.3. The van der Waals surface area contributed by atoms with Crippen LogP contribution in [0.4, 0.5) is 10.1 Å². The molecule has 23 heavy (non-hydrogen) atoms. The van der Waals surface area contributed by atoms with Crippen LogP contribution in [-0.2, 0) is 6.54 Å². The summed E-state index contributed by atoms with van der Waals surface area (Å²) in [6.45, 7) is 2.57. The Morgan fingerprint density at radius 2 is 2.13 bits per heavy atom. The van der Waals surface area contributed by atoms with Gasteiger partial charge in [-0.25, -0.2) is 4.39 Å². The normalized spacial score (nSPS) is 12.1. The van der Waals surface area contributed by atoms with E-state index in [4.69, 9.17) is 11.6 Å². The van der Waals surface area contributed by atoms with Gasteiger partial charge in [0.25, 0.3) is 11.2 Å². The SMILES string of the molecule is C[C@H](NCCn1cc([N+](=O)[O-])ccc1=O)c1ccc(F)c(Cl)c1. The maximum atomic E-state index is 13.1. The summed E-state index contributed by atoms with van der Waals surface area (Å²) in [7, 11) is 0. The summed E-state index contributed by atoms with van der Waals surface area (Å²) in [5, 5.41) is 13.9. The molecule has 0 aliphatic heterocycles. The fourth-order valence-corrected chi connectivity index (χ4v) is 2.29. The molecule has 0 amide bonds. The highest BCUT2D eigenvalue weighted by atomic mass is 35.5. The van der Waals surface area contributed by atoms with Gasteiger partial charge >= 0.3 is 0 Å². The van der Waals surface area contributed by atoms with Gasteiger partial charge in [0.2, 0.25) is 0 Å². The van der Waals surface area contributed by atoms with Crippen LogP contribution in [0.15, 0.2) is 41.3 Å². The summed E-state index contributed by atoms with van der Waals surface area (Å²) in [6, 6.07) is 6.69. The first-order valence-corrected chi connectivity index (χ1v) is 7.29. The fourth-order valence-electron chi connectivity index (χ4n) is 2.10. The van der Waals surface area contributed by atoms with E-state index in [0.717, 1.165) is 5.56 Å². The molecular weight excluding hydrogens is 325 g/mol. The first kappa shape index (κ1) is 17.1. The molecule has 1 aromatic carbocycles. The van der Waals surface area contributed by atoms with Gasteiger partial charge in [0, 0.05) is 31.3 Å². The number of halogens is 2. The van der Waals surface area contributed by atoms with Crippen LogP contribution in [0.3, 0.4) is 0 Å². The Hall–Kier alpha value is -2.25. The first-order chi connectivity index (χ1) is 10.9. The number of nitro groups is 1. The third-order valence-corrected chi connectivity index (χ3v) is 3.72. The van der Waals surface area contributed by atoms with Crippen LogP contribution in [0.1, 0.15) is 18.5 Å². The average Bonchev–Trinajstić information content (AvgIpc) is 2.51. The van der Waals surface area contributed by atoms with Crippen LogP contribution in [-0.4, -0.2) is 16.0 Å². The molecule has 1 aromatic heterocycles. The highest BCUT2D eigenvalue weighted by Gasteiger charge is 2.10. The molecule has 6 nitrogen and oxygen atoms in total. The molecule has 0 spiro atoms. The summed E-state index contributed by atoms with van der Waals surface area (Å²) in [4.78, 5) is 21.8. The number of nitrogens with zero attached hydrogens (tertiary/aromatic N) is 2. The molecule has 0 aliphatic rings. The highest BCUT2D eigenvalue weighted by Crippen LogP contribution is 2.20. The van der Waals surface area contributed by atoms with E-state index in [-0.39, 0.29) is 28.9 Å². The lowest BCUT2D eigenvalue weighted by molar-refractivity contribution is -0.385. The Balaban J connectivity index is 1.99. The summed E-state index contributed by atoms with van der Waals surface area (Å²) in [5.41, 5.74) is 0.362. The standard InChI is InChI=1S/C15H15ClFN3O3/c1-10(11-2-4-14(17)13(16)8-11)18-6-7-19-9-12(20(22)23)3-5-15(19)21/h2-5,8-10,18H,6-7H2,1H3/t10-/m0/s1. The van der Waals surface area contributed by atoms with E-state index in [1.165, 1.54) is 35.0 Å². The lowest BCUT2D eigenvalue weighted by atomic mass is 10.1. The van der Waals surface area contributed by atoms with Gasteiger partial charge in [0.05, 0.1) is 16.1 Å². The van der Waals surface area contributed by atoms with Gasteiger partial charge in [0.1, 0.15) is 5.82 Å². The first-order valence-electron chi connectivity index (χ1n) is 6.91. The van der Waals surface area contributed by atoms with Gasteiger partial charge in [0.15, 0.2) is 0 Å². The number of hydrogen-bond donors (Lipinski definition) is 1. The maximum absolute atomic E-state index is 13.1. The highest BCUT2D eigenvalue weighted by molar-refractivity contribution is 6.30. The van der Waals surface area contributed by atoms with Crippen LogP contribution in [0.5, 0.6) is 0 Å². The third-order valence-electron chi connectivity index (χ3n) is 3.43. The van der Waals surface area contributed by atoms with Gasteiger partial charge in [-0.05, 0) is 24.6 Å². The van der Waals surface area contributed by atoms with E-state index >= 15 is 0 Å². The van der Waals surface area contributed by atoms with Crippen molar-refractivity contribution in [3.05, 3.63) is 73.4 Å². The number of hydrogen-bond acceptors (Lipinski definition) is 4. The van der Waals surface area contributed by atoms with Crippen molar-refractivity contribution in [3.63, 3.8) is 0 Å². The van der Waals surface area contributed by atoms with Crippen molar-refractivity contribution in [2.75, 3.05) is 6.54 Å². The minimum absolute atomic E-state index is 0.0473. The van der Waals surface area contributed by atoms with Crippen LogP contribution in [0.25, 0.3) is 0 Å². The molecule has 1 N–H and O–H groups in total. The van der Waals surface area contributed by atoms with Gasteiger partial charge < -0.3 is 9.88 Å². The number of pyridine rings is 1. The van der Waals surface area contributed by atoms with Gasteiger partial charge in [-0.3, -0.25) is 14.9 Å². The van der Waals surface area contributed by atoms with Crippen LogP contribution in [0, 0.1) is 15.9 Å². The van der Waals surface area contributed by atoms with E-state index in [9.17, 15) is 19.3 Å². The zero-order valence-corrected chi connectivity index (χ0v) is 13.1. The Bertz CT molecular complexity index is 779. The predicted molar refractivity (Wildman–Crippen MR) is 85.2 cm³/mol. The molecule has 1 heterocycles. The topological polar surface area (TPSA) is 77.2 Å². The molecule has 0 unspecified atom stereocenters. The average molecular weight is 340 g/mol. The van der Waals surface area contributed by atoms with Crippen LogP contribution < -0.4 is 10.9 Å². The monoisotopic (exact) mass is 339 g/mol. The van der Waals surface area contributed by atoms with E-state index in [0.29, 0.717) is 6.54 Å². The Morgan fingerprint density at radius 1 is 1.39 bits per heavy atom. The number of aromatic nitrogens is 1. The second kappa shape index (κ2) is 7.34. The predicted octanol–water partition coefficient (Wildman–Crippen LogP) is 2.90. The third kappa shape index (κ3) is 4.37. The Morgan fingerprint density at radius 3 is 2.78 bits per heavy atom. The van der Waals surface area contributed by atoms with Crippen molar-refractivity contribution in [1.29, 1.82) is 0 Å². The lowest BCUT2D eigenvalue weighted by Crippen LogP contribution is -2.28. The molecule has 0 fully saturated rings. The van der Waals surface area contributed by atoms with Crippen LogP contribution in [0.2, 0.25) is 5.02 Å². The van der Waals surface area contributed by atoms with E-state index in [1.807, 2.05) is 6.92 Å². The molecular formula is C15H15ClFN3O3. The van der Waals surface area contributed by atoms with Crippen molar-refractivity contribution in [2.45, 2.75) is 19.5 Å². The van der Waals surface area contributed by atoms with E-state index in [1.54, 1.807) is 6.07 Å². The summed E-state index contributed by atoms with van der Waals surface area (Å²) in [6.07, 6.45) is 1.21. The van der Waals surface area contributed by atoms with Crippen LogP contribution >= 0.6 is 11.6 Å². The quantitative estimate of drug-likeness (QED) is 0.648. The van der Waals surface area contributed by atoms with E-state index < -0.39 is 10.7 Å². The molecule has 122 valence electrons. The molecule has 2 rings (SSSR count). The summed E-state index contributed by atoms with van der Waals surface area (Å²) < 4.78 is 14.4. The van der Waals surface area contributed by atoms with Crippen molar-refractivity contribution >= 4 is 17.3 Å². The fraction of sp³-hybridized carbons (Fsp3) is 0.267. The number of benzene rings is 1. The molecule has 0 saturated carbocycles. The summed E-state index contributed by atoms with van der Waals surface area (Å²) in [5.74, 6) is -0.481. The Labute approximate surface area is 136 Å². The molecule has 0 bridgehead atoms. The number of nitrogens with one attached hydrogen (secondary N) is 1. The lowest BCUT2D eigenvalue weighted by Gasteiger charge is -2.15. The van der Waals surface area contributed by atoms with Gasteiger partial charge in [-0.1, -0.05) is 17.7 Å². The largest absolute Gasteiger partial charge is 0.308 e. The molecule has 2 aromatic rings. The maximum Gasteiger partial charge on any atom is 0.285 e. The molecule has 0 radical (unpaired) electrons. The van der Waals surface area contributed by atoms with Gasteiger partial charge in [-0.2, -0.15) is 0 Å². The molecule has 0 aliphatic carbocycles. The number of rotatable bonds is 6. The zero-order chi connectivity index (χ0) is 17.0. The minimum Gasteiger partial charge on any atom is -0.308 e. The van der Waals surface area contributed by atoms with Crippen molar-refractivity contribution in [2.24, 2.45) is 0 Å². The van der Waals surface area contributed by atoms with E-state index in [2.05, 4.69) is 5.32 Å². The van der Waals surface area contributed by atoms with Crippen molar-refractivity contribution in [3.8, 4) is 0 Å². The molecule has 8 heteroatoms. The van der Waals surface area contributed by atoms with Crippen molar-refractivity contribution < 1.29 is 9.31 Å². The minimum atomic E-state index is -0.549. The second-order valence-electron chi connectivity index (χ2n) is 5.03. The molecule has 1 atom stereocenters. The van der Waals surface area contributed by atoms with Crippen molar-refractivity contribution in [1.82, 2.24) is 9.88 Å². The van der Waals surface area contributed by atoms with Gasteiger partial charge in [-0.15, -0.1) is 0 Å². The second-order valence-corrected chi connectivity index (χ2v) is 5.43. The smallest absolute Gasteiger partial charge is 0.285 e. The summed E-state index contributed by atoms with van der Waals surface area (Å²) >= 11 is 5.74.